The van der Waals surface area contributed by atoms with Crippen LogP contribution in [-0.2, 0) is 9.53 Å². The molecular formula is C25H32FN7O3. The number of alkyl halides is 1. The average molecular weight is 498 g/mol. The number of aromatic nitrogens is 3. The zero-order valence-corrected chi connectivity index (χ0v) is 20.8. The first-order valence-electron chi connectivity index (χ1n) is 12.1. The molecule has 4 rings (SSSR count). The maximum absolute atomic E-state index is 14.0. The molecule has 2 amide bonds. The summed E-state index contributed by atoms with van der Waals surface area (Å²) in [7, 11) is 0. The number of anilines is 3. The van der Waals surface area contributed by atoms with Crippen molar-refractivity contribution in [2.45, 2.75) is 57.9 Å². The smallest absolute Gasteiger partial charge is 0.416 e. The Balaban J connectivity index is 1.45. The number of hydrogen-bond acceptors (Lipinski definition) is 8. The van der Waals surface area contributed by atoms with E-state index >= 15 is 0 Å². The molecule has 0 spiro atoms. The van der Waals surface area contributed by atoms with Gasteiger partial charge in [0, 0.05) is 25.3 Å². The number of nitrogens with zero attached hydrogens (tertiary/aromatic N) is 5. The molecule has 0 saturated carbocycles. The van der Waals surface area contributed by atoms with Crippen LogP contribution in [0, 0.1) is 6.92 Å². The summed E-state index contributed by atoms with van der Waals surface area (Å²) in [6.45, 7) is 10.5. The molecule has 2 N–H and O–H groups in total. The van der Waals surface area contributed by atoms with Gasteiger partial charge in [0.05, 0.1) is 23.6 Å². The van der Waals surface area contributed by atoms with E-state index in [2.05, 4.69) is 37.1 Å². The molecule has 2 saturated heterocycles. The van der Waals surface area contributed by atoms with Crippen molar-refractivity contribution < 1.29 is 18.7 Å². The van der Waals surface area contributed by atoms with E-state index in [-0.39, 0.29) is 30.4 Å². The fourth-order valence-corrected chi connectivity index (χ4v) is 4.57. The van der Waals surface area contributed by atoms with Crippen molar-refractivity contribution in [3.05, 3.63) is 48.4 Å². The van der Waals surface area contributed by atoms with Gasteiger partial charge < -0.3 is 20.3 Å². The summed E-state index contributed by atoms with van der Waals surface area (Å²) in [6.07, 6.45) is 4.68. The molecule has 10 nitrogen and oxygen atoms in total. The zero-order valence-electron chi connectivity index (χ0n) is 20.8. The summed E-state index contributed by atoms with van der Waals surface area (Å²) in [5, 5.41) is 6.20. The normalized spacial score (nSPS) is 21.5. The van der Waals surface area contributed by atoms with Crippen LogP contribution in [-0.4, -0.2) is 64.9 Å². The van der Waals surface area contributed by atoms with Crippen LogP contribution in [0.15, 0.2) is 37.2 Å². The molecule has 0 aromatic carbocycles. The van der Waals surface area contributed by atoms with E-state index in [1.165, 1.54) is 24.1 Å². The number of piperidine rings is 1. The Morgan fingerprint density at radius 1 is 1.36 bits per heavy atom. The molecule has 4 heterocycles. The van der Waals surface area contributed by atoms with Crippen molar-refractivity contribution in [3.63, 3.8) is 0 Å². The van der Waals surface area contributed by atoms with Crippen molar-refractivity contribution in [3.8, 4) is 0 Å². The van der Waals surface area contributed by atoms with Gasteiger partial charge in [0.2, 0.25) is 11.9 Å². The van der Waals surface area contributed by atoms with E-state index in [1.54, 1.807) is 6.07 Å². The van der Waals surface area contributed by atoms with E-state index in [1.807, 2.05) is 26.1 Å². The number of cyclic esters (lactones) is 1. The first kappa shape index (κ1) is 25.3. The van der Waals surface area contributed by atoms with Crippen LogP contribution in [0.2, 0.25) is 0 Å². The molecular weight excluding hydrogens is 465 g/mol. The van der Waals surface area contributed by atoms with Gasteiger partial charge in [-0.2, -0.15) is 4.98 Å². The maximum atomic E-state index is 14.0. The molecule has 0 aliphatic carbocycles. The number of nitrogens with one attached hydrogen (secondary N) is 2. The topological polar surface area (TPSA) is 113 Å². The summed E-state index contributed by atoms with van der Waals surface area (Å²) < 4.78 is 19.0. The minimum absolute atomic E-state index is 0.0202. The Morgan fingerprint density at radius 2 is 2.17 bits per heavy atom. The lowest BCUT2D eigenvalue weighted by molar-refractivity contribution is -0.117. The van der Waals surface area contributed by atoms with E-state index < -0.39 is 18.3 Å². The van der Waals surface area contributed by atoms with E-state index in [0.717, 1.165) is 36.3 Å². The first-order chi connectivity index (χ1) is 17.3. The van der Waals surface area contributed by atoms with Crippen molar-refractivity contribution in [1.82, 2.24) is 20.3 Å². The number of carbonyl (C=O) groups excluding carboxylic acids is 2. The van der Waals surface area contributed by atoms with Crippen LogP contribution in [0.5, 0.6) is 0 Å². The highest BCUT2D eigenvalue weighted by molar-refractivity contribution is 5.89. The number of amides is 2. The molecule has 36 heavy (non-hydrogen) atoms. The lowest BCUT2D eigenvalue weighted by Gasteiger charge is -2.35. The third-order valence-electron chi connectivity index (χ3n) is 6.51. The highest BCUT2D eigenvalue weighted by atomic mass is 19.1. The monoisotopic (exact) mass is 497 g/mol. The fourth-order valence-electron chi connectivity index (χ4n) is 4.57. The molecule has 2 fully saturated rings. The van der Waals surface area contributed by atoms with Crippen molar-refractivity contribution in [1.29, 1.82) is 0 Å². The van der Waals surface area contributed by atoms with Gasteiger partial charge in [0.15, 0.2) is 0 Å². The number of pyridine rings is 1. The summed E-state index contributed by atoms with van der Waals surface area (Å²) in [6, 6.07) is 2.69. The molecule has 0 bridgehead atoms. The van der Waals surface area contributed by atoms with Crippen molar-refractivity contribution in [2.24, 2.45) is 0 Å². The number of hydrogen-bond donors (Lipinski definition) is 2. The van der Waals surface area contributed by atoms with Gasteiger partial charge in [-0.05, 0) is 57.4 Å². The predicted molar refractivity (Wildman–Crippen MR) is 135 cm³/mol. The molecule has 2 aliphatic rings. The van der Waals surface area contributed by atoms with E-state index in [4.69, 9.17) is 4.74 Å². The number of aryl methyl sites for hydroxylation is 1. The Bertz CT molecular complexity index is 1130. The zero-order chi connectivity index (χ0) is 25.8. The summed E-state index contributed by atoms with van der Waals surface area (Å²) in [4.78, 5) is 40.6. The highest BCUT2D eigenvalue weighted by Gasteiger charge is 2.39. The lowest BCUT2D eigenvalue weighted by atomic mass is 10.0. The number of carbonyl (C=O) groups is 2. The molecule has 2 aromatic heterocycles. The van der Waals surface area contributed by atoms with Gasteiger partial charge in [-0.25, -0.2) is 14.2 Å². The van der Waals surface area contributed by atoms with Crippen LogP contribution in [0.3, 0.4) is 0 Å². The molecule has 11 heteroatoms. The van der Waals surface area contributed by atoms with E-state index in [9.17, 15) is 14.0 Å². The molecule has 0 unspecified atom stereocenters. The van der Waals surface area contributed by atoms with Crippen LogP contribution < -0.4 is 20.4 Å². The van der Waals surface area contributed by atoms with Crippen molar-refractivity contribution in [2.75, 3.05) is 34.8 Å². The molecule has 2 aliphatic heterocycles. The van der Waals surface area contributed by atoms with Crippen LogP contribution >= 0.6 is 0 Å². The lowest BCUT2D eigenvalue weighted by Crippen LogP contribution is -2.47. The predicted octanol–water partition coefficient (Wildman–Crippen LogP) is 3.31. The number of rotatable bonds is 8. The standard InChI is InChI=1S/C25H32FN7O3/c1-5-23(34)30-18-7-6-10-32(13-18)20-12-28-19(11-15(20)2)17(4)29-24-27-9-8-22(31-24)33-21(16(3)26)14-36-25(33)35/h5,8-9,11-12,16-18,21H,1,6-7,10,13-14H2,2-4H3,(H,30,34)(H,27,29,31)/t16-,17-,18+,21+/m0/s1. The molecule has 4 atom stereocenters. The summed E-state index contributed by atoms with van der Waals surface area (Å²) in [5.41, 5.74) is 2.90. The number of ether oxygens (including phenoxy) is 1. The van der Waals surface area contributed by atoms with Crippen LogP contribution in [0.25, 0.3) is 0 Å². The van der Waals surface area contributed by atoms with Gasteiger partial charge in [0.25, 0.3) is 0 Å². The number of halogens is 1. The second kappa shape index (κ2) is 10.9. The van der Waals surface area contributed by atoms with Gasteiger partial charge in [-0.3, -0.25) is 14.7 Å². The van der Waals surface area contributed by atoms with Gasteiger partial charge >= 0.3 is 6.09 Å². The Labute approximate surface area is 210 Å². The third-order valence-corrected chi connectivity index (χ3v) is 6.51. The molecule has 2 aromatic rings. The quantitative estimate of drug-likeness (QED) is 0.534. The van der Waals surface area contributed by atoms with Crippen LogP contribution in [0.4, 0.5) is 26.6 Å². The third kappa shape index (κ3) is 5.55. The molecule has 0 radical (unpaired) electrons. The molecule has 192 valence electrons. The highest BCUT2D eigenvalue weighted by Crippen LogP contribution is 2.28. The Morgan fingerprint density at radius 3 is 2.89 bits per heavy atom. The van der Waals surface area contributed by atoms with Crippen LogP contribution in [0.1, 0.15) is 44.0 Å². The second-order valence-corrected chi connectivity index (χ2v) is 9.19. The first-order valence-corrected chi connectivity index (χ1v) is 12.1. The van der Waals surface area contributed by atoms with Crippen molar-refractivity contribution >= 4 is 29.5 Å². The minimum Gasteiger partial charge on any atom is -0.447 e. The summed E-state index contributed by atoms with van der Waals surface area (Å²) in [5.74, 6) is 0.416. The maximum Gasteiger partial charge on any atom is 0.416 e. The minimum atomic E-state index is -1.26. The average Bonchev–Trinajstić information content (AvgIpc) is 3.26. The van der Waals surface area contributed by atoms with Gasteiger partial charge in [-0.15, -0.1) is 0 Å². The van der Waals surface area contributed by atoms with Gasteiger partial charge in [0.1, 0.15) is 24.6 Å². The Kier molecular flexibility index (Phi) is 7.66. The fraction of sp³-hybridized carbons (Fsp3) is 0.480. The van der Waals surface area contributed by atoms with Gasteiger partial charge in [-0.1, -0.05) is 6.58 Å². The van der Waals surface area contributed by atoms with E-state index in [0.29, 0.717) is 12.5 Å². The summed E-state index contributed by atoms with van der Waals surface area (Å²) >= 11 is 0. The largest absolute Gasteiger partial charge is 0.447 e. The second-order valence-electron chi connectivity index (χ2n) is 9.19. The SMILES string of the molecule is C=CC(=O)N[C@@H]1CCCN(c2cnc([C@H](C)Nc3nccc(N4C(=O)OC[C@@H]4[C@H](C)F)n3)cc2C)C1. The Hall–Kier alpha value is -3.76.